The highest BCUT2D eigenvalue weighted by Crippen LogP contribution is 2.38. The molecule has 8 heteroatoms. The minimum absolute atomic E-state index is 0.163. The molecule has 1 N–H and O–H groups in total. The van der Waals surface area contributed by atoms with Crippen LogP contribution in [0.3, 0.4) is 0 Å². The van der Waals surface area contributed by atoms with Gasteiger partial charge in [-0.2, -0.15) is 0 Å². The third-order valence-corrected chi connectivity index (χ3v) is 4.06. The van der Waals surface area contributed by atoms with Crippen molar-refractivity contribution >= 4 is 23.5 Å². The van der Waals surface area contributed by atoms with Crippen LogP contribution in [-0.2, 0) is 16.1 Å². The molecule has 0 saturated carbocycles. The van der Waals surface area contributed by atoms with Gasteiger partial charge in [0, 0.05) is 13.0 Å². The first-order valence-corrected chi connectivity index (χ1v) is 8.68. The molecule has 0 fully saturated rings. The molecule has 6 nitrogen and oxygen atoms in total. The van der Waals surface area contributed by atoms with Crippen LogP contribution in [0.15, 0.2) is 36.4 Å². The largest absolute Gasteiger partial charge is 0.489 e. The zero-order valence-electron chi connectivity index (χ0n) is 14.3. The van der Waals surface area contributed by atoms with Gasteiger partial charge in [0.25, 0.3) is 5.91 Å². The highest BCUT2D eigenvalue weighted by Gasteiger charge is 2.19. The van der Waals surface area contributed by atoms with Gasteiger partial charge in [-0.3, -0.25) is 4.79 Å². The van der Waals surface area contributed by atoms with Gasteiger partial charge in [0.2, 0.25) is 0 Å². The molecule has 1 aliphatic heterocycles. The minimum atomic E-state index is -0.704. The first kappa shape index (κ1) is 19.0. The lowest BCUT2D eigenvalue weighted by atomic mass is 10.2. The summed E-state index contributed by atoms with van der Waals surface area (Å²) in [6.45, 7) is 0.678. The van der Waals surface area contributed by atoms with Crippen LogP contribution in [0.1, 0.15) is 22.3 Å². The Kier molecular flexibility index (Phi) is 6.13. The first-order valence-electron chi connectivity index (χ1n) is 8.30. The van der Waals surface area contributed by atoms with Crippen LogP contribution in [0.5, 0.6) is 11.5 Å². The smallest absolute Gasteiger partial charge is 0.338 e. The van der Waals surface area contributed by atoms with Gasteiger partial charge in [0.15, 0.2) is 18.1 Å². The van der Waals surface area contributed by atoms with E-state index < -0.39 is 18.5 Å². The van der Waals surface area contributed by atoms with Gasteiger partial charge in [-0.05, 0) is 29.8 Å². The summed E-state index contributed by atoms with van der Waals surface area (Å²) in [7, 11) is 0. The molecule has 0 bridgehead atoms. The van der Waals surface area contributed by atoms with E-state index in [0.717, 1.165) is 5.56 Å². The fourth-order valence-electron chi connectivity index (χ4n) is 2.42. The lowest BCUT2D eigenvalue weighted by Gasteiger charge is -2.11. The summed E-state index contributed by atoms with van der Waals surface area (Å²) >= 11 is 6.14. The Morgan fingerprint density at radius 2 is 1.89 bits per heavy atom. The Bertz CT molecular complexity index is 841. The quantitative estimate of drug-likeness (QED) is 0.790. The number of halogens is 2. The van der Waals surface area contributed by atoms with E-state index in [2.05, 4.69) is 5.32 Å². The number of hydrogen-bond donors (Lipinski definition) is 1. The molecule has 27 heavy (non-hydrogen) atoms. The molecular weight excluding hydrogens is 377 g/mol. The van der Waals surface area contributed by atoms with Crippen molar-refractivity contribution in [3.8, 4) is 11.5 Å². The Morgan fingerprint density at radius 1 is 1.15 bits per heavy atom. The summed E-state index contributed by atoms with van der Waals surface area (Å²) in [5, 5.41) is 2.82. The minimum Gasteiger partial charge on any atom is -0.489 e. The van der Waals surface area contributed by atoms with Crippen molar-refractivity contribution in [3.63, 3.8) is 0 Å². The Labute approximate surface area is 160 Å². The molecule has 2 aromatic rings. The second-order valence-electron chi connectivity index (χ2n) is 5.82. The molecule has 0 unspecified atom stereocenters. The molecule has 142 valence electrons. The molecule has 2 aromatic carbocycles. The molecule has 0 saturated heterocycles. The number of nitrogens with one attached hydrogen (secondary N) is 1. The average Bonchev–Trinajstić information content (AvgIpc) is 2.91. The predicted molar refractivity (Wildman–Crippen MR) is 95.6 cm³/mol. The number of fused-ring (bicyclic) bond motifs is 1. The van der Waals surface area contributed by atoms with Crippen molar-refractivity contribution in [3.05, 3.63) is 58.4 Å². The standard InChI is InChI=1S/C19H17ClFNO5/c20-15-8-13(9-16-18(15)26-7-1-6-25-16)19(24)27-11-17(23)22-10-12-2-4-14(21)5-3-12/h2-5,8-9H,1,6-7,10-11H2,(H,22,23). The molecule has 1 amide bonds. The normalized spacial score (nSPS) is 12.8. The maximum Gasteiger partial charge on any atom is 0.338 e. The van der Waals surface area contributed by atoms with Gasteiger partial charge in [0.1, 0.15) is 5.82 Å². The third-order valence-electron chi connectivity index (χ3n) is 3.78. The number of esters is 1. The molecule has 3 rings (SSSR count). The van der Waals surface area contributed by atoms with Crippen LogP contribution in [0, 0.1) is 5.82 Å². The summed E-state index contributed by atoms with van der Waals surface area (Å²) < 4.78 is 28.9. The average molecular weight is 394 g/mol. The van der Waals surface area contributed by atoms with Gasteiger partial charge in [-0.15, -0.1) is 0 Å². The van der Waals surface area contributed by atoms with E-state index in [4.69, 9.17) is 25.8 Å². The molecule has 0 aromatic heterocycles. The Balaban J connectivity index is 1.54. The van der Waals surface area contributed by atoms with E-state index >= 15 is 0 Å². The number of carbonyl (C=O) groups excluding carboxylic acids is 2. The van der Waals surface area contributed by atoms with Crippen molar-refractivity contribution in [1.29, 1.82) is 0 Å². The third kappa shape index (κ3) is 5.10. The van der Waals surface area contributed by atoms with Crippen LogP contribution in [-0.4, -0.2) is 31.7 Å². The number of carbonyl (C=O) groups is 2. The van der Waals surface area contributed by atoms with E-state index in [1.54, 1.807) is 12.1 Å². The number of benzene rings is 2. The van der Waals surface area contributed by atoms with Gasteiger partial charge < -0.3 is 19.5 Å². The molecule has 0 spiro atoms. The van der Waals surface area contributed by atoms with Crippen molar-refractivity contribution in [2.24, 2.45) is 0 Å². The van der Waals surface area contributed by atoms with Crippen molar-refractivity contribution in [1.82, 2.24) is 5.32 Å². The van der Waals surface area contributed by atoms with Crippen LogP contribution in [0.4, 0.5) is 4.39 Å². The summed E-state index contributed by atoms with van der Waals surface area (Å²) in [4.78, 5) is 24.0. The van der Waals surface area contributed by atoms with E-state index in [1.807, 2.05) is 0 Å². The Hall–Kier alpha value is -2.80. The maximum absolute atomic E-state index is 12.8. The van der Waals surface area contributed by atoms with E-state index in [9.17, 15) is 14.0 Å². The second kappa shape index (κ2) is 8.73. The monoisotopic (exact) mass is 393 g/mol. The summed E-state index contributed by atoms with van der Waals surface area (Å²) in [6.07, 6.45) is 0.707. The van der Waals surface area contributed by atoms with Gasteiger partial charge in [-0.25, -0.2) is 9.18 Å². The molecule has 0 atom stereocenters. The van der Waals surface area contributed by atoms with E-state index in [1.165, 1.54) is 24.3 Å². The summed E-state index contributed by atoms with van der Waals surface area (Å²) in [5.41, 5.74) is 0.890. The van der Waals surface area contributed by atoms with Crippen LogP contribution >= 0.6 is 11.6 Å². The molecule has 1 aliphatic rings. The zero-order chi connectivity index (χ0) is 19.2. The Morgan fingerprint density at radius 3 is 2.67 bits per heavy atom. The predicted octanol–water partition coefficient (Wildman–Crippen LogP) is 3.11. The highest BCUT2D eigenvalue weighted by molar-refractivity contribution is 6.32. The van der Waals surface area contributed by atoms with Gasteiger partial charge >= 0.3 is 5.97 Å². The topological polar surface area (TPSA) is 73.9 Å². The lowest BCUT2D eigenvalue weighted by Crippen LogP contribution is -2.28. The van der Waals surface area contributed by atoms with Crippen molar-refractivity contribution in [2.75, 3.05) is 19.8 Å². The molecular formula is C19H17ClFNO5. The summed E-state index contributed by atoms with van der Waals surface area (Å²) in [6, 6.07) is 8.60. The van der Waals surface area contributed by atoms with Crippen molar-refractivity contribution in [2.45, 2.75) is 13.0 Å². The van der Waals surface area contributed by atoms with E-state index in [-0.39, 0.29) is 22.9 Å². The fraction of sp³-hybridized carbons (Fsp3) is 0.263. The van der Waals surface area contributed by atoms with Crippen LogP contribution in [0.2, 0.25) is 5.02 Å². The number of ether oxygens (including phenoxy) is 3. The zero-order valence-corrected chi connectivity index (χ0v) is 15.1. The van der Waals surface area contributed by atoms with Gasteiger partial charge in [0.05, 0.1) is 23.8 Å². The fourth-order valence-corrected chi connectivity index (χ4v) is 2.68. The highest BCUT2D eigenvalue weighted by atomic mass is 35.5. The molecule has 0 radical (unpaired) electrons. The molecule has 1 heterocycles. The maximum atomic E-state index is 12.8. The number of amides is 1. The van der Waals surface area contributed by atoms with Gasteiger partial charge in [-0.1, -0.05) is 23.7 Å². The lowest BCUT2D eigenvalue weighted by molar-refractivity contribution is -0.124. The number of hydrogen-bond acceptors (Lipinski definition) is 5. The van der Waals surface area contributed by atoms with Crippen molar-refractivity contribution < 1.29 is 28.2 Å². The second-order valence-corrected chi connectivity index (χ2v) is 6.22. The van der Waals surface area contributed by atoms with Crippen LogP contribution < -0.4 is 14.8 Å². The summed E-state index contributed by atoms with van der Waals surface area (Å²) in [5.74, 6) is -0.777. The molecule has 0 aliphatic carbocycles. The first-order chi connectivity index (χ1) is 13.0. The van der Waals surface area contributed by atoms with Crippen LogP contribution in [0.25, 0.3) is 0 Å². The number of rotatable bonds is 5. The van der Waals surface area contributed by atoms with E-state index in [0.29, 0.717) is 31.1 Å². The SMILES string of the molecule is O=C(COC(=O)c1cc(Cl)c2c(c1)OCCCO2)NCc1ccc(F)cc1.